The molecular formula is C13H28N2O. The van der Waals surface area contributed by atoms with Crippen LogP contribution in [0.2, 0.25) is 0 Å². The quantitative estimate of drug-likeness (QED) is 0.749. The van der Waals surface area contributed by atoms with Gasteiger partial charge in [-0.15, -0.1) is 0 Å². The van der Waals surface area contributed by atoms with Crippen LogP contribution in [0.5, 0.6) is 0 Å². The third kappa shape index (κ3) is 4.81. The van der Waals surface area contributed by atoms with Crippen LogP contribution in [0.4, 0.5) is 0 Å². The van der Waals surface area contributed by atoms with Gasteiger partial charge in [-0.25, -0.2) is 0 Å². The van der Waals surface area contributed by atoms with Gasteiger partial charge in [0.25, 0.3) is 0 Å². The third-order valence-electron chi connectivity index (χ3n) is 3.17. The van der Waals surface area contributed by atoms with Gasteiger partial charge in [0, 0.05) is 25.2 Å². The highest BCUT2D eigenvalue weighted by Gasteiger charge is 2.26. The van der Waals surface area contributed by atoms with E-state index in [0.717, 1.165) is 25.5 Å². The minimum atomic E-state index is 0.372. The predicted octanol–water partition coefficient (Wildman–Crippen LogP) is 1.73. The molecule has 0 aromatic heterocycles. The summed E-state index contributed by atoms with van der Waals surface area (Å²) in [7, 11) is 4.28. The van der Waals surface area contributed by atoms with Crippen molar-refractivity contribution in [2.75, 3.05) is 27.2 Å². The number of ether oxygens (including phenoxy) is 1. The summed E-state index contributed by atoms with van der Waals surface area (Å²) in [6, 6.07) is 1.13. The van der Waals surface area contributed by atoms with Gasteiger partial charge >= 0.3 is 0 Å². The second-order valence-electron chi connectivity index (χ2n) is 5.73. The largest absolute Gasteiger partial charge is 0.377 e. The van der Waals surface area contributed by atoms with Crippen molar-refractivity contribution >= 4 is 0 Å². The molecule has 0 aromatic rings. The zero-order valence-corrected chi connectivity index (χ0v) is 11.5. The Morgan fingerprint density at radius 3 is 2.50 bits per heavy atom. The molecule has 0 amide bonds. The van der Waals surface area contributed by atoms with E-state index in [4.69, 9.17) is 4.74 Å². The van der Waals surface area contributed by atoms with Crippen LogP contribution in [-0.4, -0.2) is 50.3 Å². The summed E-state index contributed by atoms with van der Waals surface area (Å²) in [5.74, 6) is 0.745. The first kappa shape index (κ1) is 13.9. The van der Waals surface area contributed by atoms with Crippen molar-refractivity contribution in [2.45, 2.75) is 51.8 Å². The van der Waals surface area contributed by atoms with Crippen molar-refractivity contribution in [3.8, 4) is 0 Å². The number of likely N-dealkylation sites (N-methyl/N-ethyl adjacent to an activating group) is 1. The van der Waals surface area contributed by atoms with Crippen LogP contribution in [0.1, 0.15) is 33.6 Å². The molecule has 1 rings (SSSR count). The molecule has 0 saturated carbocycles. The highest BCUT2D eigenvalue weighted by Crippen LogP contribution is 2.15. The van der Waals surface area contributed by atoms with Crippen LogP contribution in [0.25, 0.3) is 0 Å². The first-order valence-corrected chi connectivity index (χ1v) is 6.51. The van der Waals surface area contributed by atoms with Crippen LogP contribution < -0.4 is 5.32 Å². The molecular weight excluding hydrogens is 200 g/mol. The van der Waals surface area contributed by atoms with Gasteiger partial charge < -0.3 is 15.0 Å². The van der Waals surface area contributed by atoms with Crippen LogP contribution in [0.3, 0.4) is 0 Å². The topological polar surface area (TPSA) is 24.5 Å². The molecule has 3 nitrogen and oxygen atoms in total. The van der Waals surface area contributed by atoms with E-state index in [1.165, 1.54) is 6.42 Å². The normalized spacial score (nSPS) is 27.9. The predicted molar refractivity (Wildman–Crippen MR) is 68.8 cm³/mol. The number of hydrogen-bond donors (Lipinski definition) is 1. The second kappa shape index (κ2) is 6.58. The maximum absolute atomic E-state index is 5.60. The summed E-state index contributed by atoms with van der Waals surface area (Å²) in [4.78, 5) is 2.26. The summed E-state index contributed by atoms with van der Waals surface area (Å²) < 4.78 is 5.60. The Labute approximate surface area is 101 Å². The van der Waals surface area contributed by atoms with E-state index in [1.807, 2.05) is 0 Å². The summed E-state index contributed by atoms with van der Waals surface area (Å²) in [5.41, 5.74) is 0. The van der Waals surface area contributed by atoms with Gasteiger partial charge in [0.15, 0.2) is 0 Å². The molecule has 3 unspecified atom stereocenters. The maximum Gasteiger partial charge on any atom is 0.0700 e. The van der Waals surface area contributed by atoms with E-state index >= 15 is 0 Å². The van der Waals surface area contributed by atoms with Gasteiger partial charge in [-0.1, -0.05) is 13.8 Å². The molecule has 1 fully saturated rings. The van der Waals surface area contributed by atoms with Gasteiger partial charge in [-0.3, -0.25) is 0 Å². The third-order valence-corrected chi connectivity index (χ3v) is 3.17. The molecule has 1 heterocycles. The lowest BCUT2D eigenvalue weighted by atomic mass is 10.0. The molecule has 16 heavy (non-hydrogen) atoms. The number of rotatable bonds is 6. The fourth-order valence-corrected chi connectivity index (χ4v) is 2.46. The molecule has 0 aliphatic carbocycles. The van der Waals surface area contributed by atoms with Crippen molar-refractivity contribution in [3.63, 3.8) is 0 Å². The smallest absolute Gasteiger partial charge is 0.0700 e. The Hall–Kier alpha value is -0.120. The highest BCUT2D eigenvalue weighted by molar-refractivity contribution is 4.84. The molecule has 0 bridgehead atoms. The molecule has 1 aliphatic heterocycles. The average Bonchev–Trinajstić information content (AvgIpc) is 2.49. The van der Waals surface area contributed by atoms with Crippen LogP contribution in [-0.2, 0) is 4.74 Å². The van der Waals surface area contributed by atoms with E-state index in [9.17, 15) is 0 Å². The molecule has 1 saturated heterocycles. The monoisotopic (exact) mass is 228 g/mol. The van der Waals surface area contributed by atoms with Gasteiger partial charge in [0.2, 0.25) is 0 Å². The minimum Gasteiger partial charge on any atom is -0.377 e. The Balaban J connectivity index is 2.41. The first-order chi connectivity index (χ1) is 7.49. The molecule has 1 aliphatic rings. The molecule has 96 valence electrons. The van der Waals surface area contributed by atoms with Crippen molar-refractivity contribution in [3.05, 3.63) is 0 Å². The summed E-state index contributed by atoms with van der Waals surface area (Å²) in [5, 5.41) is 3.76. The maximum atomic E-state index is 5.60. The molecule has 1 N–H and O–H groups in total. The molecule has 0 radical (unpaired) electrons. The van der Waals surface area contributed by atoms with Crippen LogP contribution >= 0.6 is 0 Å². The first-order valence-electron chi connectivity index (χ1n) is 6.51. The zero-order chi connectivity index (χ0) is 12.1. The SMILES string of the molecule is CC(C)CC(CN(C)C)NC1CCOC1C. The van der Waals surface area contributed by atoms with Crippen molar-refractivity contribution in [1.29, 1.82) is 0 Å². The van der Waals surface area contributed by atoms with Gasteiger partial charge in [-0.05, 0) is 39.8 Å². The number of hydrogen-bond acceptors (Lipinski definition) is 3. The Kier molecular flexibility index (Phi) is 5.73. The van der Waals surface area contributed by atoms with E-state index in [2.05, 4.69) is 45.1 Å². The lowest BCUT2D eigenvalue weighted by Gasteiger charge is -2.28. The van der Waals surface area contributed by atoms with Crippen molar-refractivity contribution in [2.24, 2.45) is 5.92 Å². The molecule has 3 atom stereocenters. The second-order valence-corrected chi connectivity index (χ2v) is 5.73. The summed E-state index contributed by atoms with van der Waals surface area (Å²) in [6.45, 7) is 8.78. The van der Waals surface area contributed by atoms with Gasteiger partial charge in [0.05, 0.1) is 6.10 Å². The van der Waals surface area contributed by atoms with E-state index in [1.54, 1.807) is 0 Å². The molecule has 3 heteroatoms. The van der Waals surface area contributed by atoms with Crippen LogP contribution in [0.15, 0.2) is 0 Å². The van der Waals surface area contributed by atoms with E-state index < -0.39 is 0 Å². The average molecular weight is 228 g/mol. The Bertz CT molecular complexity index is 184. The highest BCUT2D eigenvalue weighted by atomic mass is 16.5. The van der Waals surface area contributed by atoms with Crippen LogP contribution in [0, 0.1) is 5.92 Å². The summed E-state index contributed by atoms with van der Waals surface area (Å²) >= 11 is 0. The lowest BCUT2D eigenvalue weighted by molar-refractivity contribution is 0.108. The van der Waals surface area contributed by atoms with E-state index in [0.29, 0.717) is 18.2 Å². The fraction of sp³-hybridized carbons (Fsp3) is 1.00. The van der Waals surface area contributed by atoms with Gasteiger partial charge in [-0.2, -0.15) is 0 Å². The Morgan fingerprint density at radius 2 is 2.06 bits per heavy atom. The summed E-state index contributed by atoms with van der Waals surface area (Å²) in [6.07, 6.45) is 2.77. The van der Waals surface area contributed by atoms with Crippen molar-refractivity contribution in [1.82, 2.24) is 10.2 Å². The van der Waals surface area contributed by atoms with E-state index in [-0.39, 0.29) is 0 Å². The molecule has 0 spiro atoms. The zero-order valence-electron chi connectivity index (χ0n) is 11.5. The number of nitrogens with one attached hydrogen (secondary N) is 1. The number of nitrogens with zero attached hydrogens (tertiary/aromatic N) is 1. The lowest BCUT2D eigenvalue weighted by Crippen LogP contribution is -2.47. The Morgan fingerprint density at radius 1 is 1.38 bits per heavy atom. The van der Waals surface area contributed by atoms with Gasteiger partial charge in [0.1, 0.15) is 0 Å². The standard InChI is InChI=1S/C13H28N2O/c1-10(2)8-12(9-15(4)5)14-13-6-7-16-11(13)3/h10-14H,6-9H2,1-5H3. The minimum absolute atomic E-state index is 0.372. The molecule has 0 aromatic carbocycles. The fourth-order valence-electron chi connectivity index (χ4n) is 2.46. The van der Waals surface area contributed by atoms with Crippen molar-refractivity contribution < 1.29 is 4.74 Å².